The predicted octanol–water partition coefficient (Wildman–Crippen LogP) is 2.93. The molecule has 1 aliphatic heterocycles. The Hall–Kier alpha value is -1.99. The number of imide groups is 1. The lowest BCUT2D eigenvalue weighted by Crippen LogP contribution is -2.38. The van der Waals surface area contributed by atoms with E-state index in [0.717, 1.165) is 4.90 Å². The van der Waals surface area contributed by atoms with E-state index in [1.807, 2.05) is 0 Å². The SMILES string of the molecule is O=C(O)C(c1cccs1)N1C(=O)c2ccc(Br)cc2C1=O. The number of hydrogen-bond acceptors (Lipinski definition) is 4. The van der Waals surface area contributed by atoms with Crippen molar-refractivity contribution < 1.29 is 19.5 Å². The van der Waals surface area contributed by atoms with Crippen molar-refractivity contribution in [1.82, 2.24) is 4.90 Å². The molecule has 2 aromatic rings. The van der Waals surface area contributed by atoms with Crippen LogP contribution >= 0.6 is 27.3 Å². The first kappa shape index (κ1) is 14.0. The lowest BCUT2D eigenvalue weighted by atomic mass is 10.1. The summed E-state index contributed by atoms with van der Waals surface area (Å²) in [6.45, 7) is 0. The highest BCUT2D eigenvalue weighted by Gasteiger charge is 2.44. The molecule has 0 saturated heterocycles. The standard InChI is InChI=1S/C14H8BrNO4S/c15-7-3-4-8-9(6-7)13(18)16(12(8)17)11(14(19)20)10-2-1-5-21-10/h1-6,11H,(H,19,20). The molecule has 2 heterocycles. The molecule has 0 bridgehead atoms. The summed E-state index contributed by atoms with van der Waals surface area (Å²) in [5, 5.41) is 11.1. The Balaban J connectivity index is 2.10. The second-order valence-corrected chi connectivity index (χ2v) is 6.32. The average Bonchev–Trinajstić information content (AvgIpc) is 3.02. The van der Waals surface area contributed by atoms with Gasteiger partial charge < -0.3 is 5.11 Å². The Morgan fingerprint density at radius 1 is 1.19 bits per heavy atom. The quantitative estimate of drug-likeness (QED) is 0.848. The minimum atomic E-state index is -1.30. The highest BCUT2D eigenvalue weighted by molar-refractivity contribution is 9.10. The van der Waals surface area contributed by atoms with Crippen molar-refractivity contribution in [3.05, 3.63) is 56.2 Å². The van der Waals surface area contributed by atoms with E-state index in [0.29, 0.717) is 9.35 Å². The van der Waals surface area contributed by atoms with Gasteiger partial charge in [-0.15, -0.1) is 11.3 Å². The molecule has 1 aliphatic rings. The molecule has 0 radical (unpaired) electrons. The minimum absolute atomic E-state index is 0.220. The summed E-state index contributed by atoms with van der Waals surface area (Å²) in [5.74, 6) is -2.40. The molecule has 1 aromatic heterocycles. The molecule has 0 spiro atoms. The molecule has 7 heteroatoms. The van der Waals surface area contributed by atoms with Crippen molar-refractivity contribution in [3.8, 4) is 0 Å². The molecule has 1 aromatic carbocycles. The average molecular weight is 366 g/mol. The first-order chi connectivity index (χ1) is 10.0. The molecule has 5 nitrogen and oxygen atoms in total. The normalized spacial score (nSPS) is 15.2. The van der Waals surface area contributed by atoms with Crippen molar-refractivity contribution in [2.75, 3.05) is 0 Å². The van der Waals surface area contributed by atoms with Crippen molar-refractivity contribution >= 4 is 45.1 Å². The van der Waals surface area contributed by atoms with Gasteiger partial charge in [0.15, 0.2) is 6.04 Å². The fraction of sp³-hybridized carbons (Fsp3) is 0.0714. The smallest absolute Gasteiger partial charge is 0.332 e. The number of halogens is 1. The lowest BCUT2D eigenvalue weighted by molar-refractivity contribution is -0.141. The van der Waals surface area contributed by atoms with Gasteiger partial charge in [0.05, 0.1) is 11.1 Å². The van der Waals surface area contributed by atoms with E-state index in [9.17, 15) is 19.5 Å². The third-order valence-electron chi connectivity index (χ3n) is 3.18. The highest BCUT2D eigenvalue weighted by Crippen LogP contribution is 2.34. The van der Waals surface area contributed by atoms with Gasteiger partial charge in [0.2, 0.25) is 0 Å². The van der Waals surface area contributed by atoms with Crippen LogP contribution in [-0.2, 0) is 4.79 Å². The Labute approximate surface area is 131 Å². The Kier molecular flexibility index (Phi) is 3.38. The number of fused-ring (bicyclic) bond motifs is 1. The molecular weight excluding hydrogens is 358 g/mol. The van der Waals surface area contributed by atoms with Crippen LogP contribution in [0.3, 0.4) is 0 Å². The predicted molar refractivity (Wildman–Crippen MR) is 79.3 cm³/mol. The maximum Gasteiger partial charge on any atom is 0.332 e. The zero-order chi connectivity index (χ0) is 15.1. The van der Waals surface area contributed by atoms with Crippen molar-refractivity contribution in [2.24, 2.45) is 0 Å². The number of hydrogen-bond donors (Lipinski definition) is 1. The first-order valence-electron chi connectivity index (χ1n) is 5.94. The number of amides is 2. The largest absolute Gasteiger partial charge is 0.479 e. The number of carbonyl (C=O) groups is 3. The monoisotopic (exact) mass is 365 g/mol. The number of thiophene rings is 1. The van der Waals surface area contributed by atoms with Crippen LogP contribution in [-0.4, -0.2) is 27.8 Å². The molecule has 0 saturated carbocycles. The third-order valence-corrected chi connectivity index (χ3v) is 4.60. The molecule has 3 rings (SSSR count). The Bertz CT molecular complexity index is 756. The van der Waals surface area contributed by atoms with Crippen molar-refractivity contribution in [2.45, 2.75) is 6.04 Å². The summed E-state index contributed by atoms with van der Waals surface area (Å²) in [6.07, 6.45) is 0. The van der Waals surface area contributed by atoms with Crippen LogP contribution < -0.4 is 0 Å². The van der Waals surface area contributed by atoms with Crippen LogP contribution in [0.1, 0.15) is 31.6 Å². The van der Waals surface area contributed by atoms with Gasteiger partial charge >= 0.3 is 5.97 Å². The van der Waals surface area contributed by atoms with Gasteiger partial charge in [-0.3, -0.25) is 14.5 Å². The number of carbonyl (C=O) groups excluding carboxylic acids is 2. The van der Waals surface area contributed by atoms with Crippen LogP contribution in [0, 0.1) is 0 Å². The molecule has 106 valence electrons. The number of rotatable bonds is 3. The van der Waals surface area contributed by atoms with E-state index in [2.05, 4.69) is 15.9 Å². The molecule has 1 N–H and O–H groups in total. The number of carboxylic acid groups (broad SMARTS) is 1. The lowest BCUT2D eigenvalue weighted by Gasteiger charge is -2.21. The van der Waals surface area contributed by atoms with E-state index in [-0.39, 0.29) is 11.1 Å². The molecule has 21 heavy (non-hydrogen) atoms. The molecule has 0 fully saturated rings. The maximum atomic E-state index is 12.4. The number of benzene rings is 1. The second kappa shape index (κ2) is 5.09. The Morgan fingerprint density at radius 3 is 2.52 bits per heavy atom. The van der Waals surface area contributed by atoms with E-state index in [4.69, 9.17) is 0 Å². The van der Waals surface area contributed by atoms with E-state index >= 15 is 0 Å². The fourth-order valence-electron chi connectivity index (χ4n) is 2.27. The van der Waals surface area contributed by atoms with Crippen LogP contribution in [0.4, 0.5) is 0 Å². The number of carboxylic acids is 1. The summed E-state index contributed by atoms with van der Waals surface area (Å²) in [6, 6.07) is 6.69. The summed E-state index contributed by atoms with van der Waals surface area (Å²) in [7, 11) is 0. The summed E-state index contributed by atoms with van der Waals surface area (Å²) in [4.78, 5) is 37.6. The van der Waals surface area contributed by atoms with Gasteiger partial charge in [0, 0.05) is 9.35 Å². The van der Waals surface area contributed by atoms with E-state index in [1.54, 1.807) is 23.6 Å². The Morgan fingerprint density at radius 2 is 1.90 bits per heavy atom. The zero-order valence-electron chi connectivity index (χ0n) is 10.4. The molecular formula is C14H8BrNO4S. The van der Waals surface area contributed by atoms with Crippen LogP contribution in [0.5, 0.6) is 0 Å². The zero-order valence-corrected chi connectivity index (χ0v) is 12.8. The third kappa shape index (κ3) is 2.18. The van der Waals surface area contributed by atoms with Gasteiger partial charge in [0.1, 0.15) is 0 Å². The van der Waals surface area contributed by atoms with Gasteiger partial charge in [-0.05, 0) is 29.6 Å². The first-order valence-corrected chi connectivity index (χ1v) is 7.61. The molecule has 2 amide bonds. The van der Waals surface area contributed by atoms with Crippen LogP contribution in [0.15, 0.2) is 40.2 Å². The van der Waals surface area contributed by atoms with Gasteiger partial charge in [0.25, 0.3) is 11.8 Å². The van der Waals surface area contributed by atoms with E-state index < -0.39 is 23.8 Å². The highest BCUT2D eigenvalue weighted by atomic mass is 79.9. The molecule has 1 unspecified atom stereocenters. The molecule has 0 aliphatic carbocycles. The van der Waals surface area contributed by atoms with Crippen LogP contribution in [0.2, 0.25) is 0 Å². The second-order valence-electron chi connectivity index (χ2n) is 4.43. The summed E-state index contributed by atoms with van der Waals surface area (Å²) >= 11 is 4.44. The van der Waals surface area contributed by atoms with Gasteiger partial charge in [-0.2, -0.15) is 0 Å². The number of aliphatic carboxylic acids is 1. The topological polar surface area (TPSA) is 74.7 Å². The van der Waals surface area contributed by atoms with Crippen molar-refractivity contribution in [1.29, 1.82) is 0 Å². The number of nitrogens with zero attached hydrogens (tertiary/aromatic N) is 1. The minimum Gasteiger partial charge on any atom is -0.479 e. The van der Waals surface area contributed by atoms with E-state index in [1.165, 1.54) is 23.5 Å². The summed E-state index contributed by atoms with van der Waals surface area (Å²) < 4.78 is 0.659. The van der Waals surface area contributed by atoms with Crippen molar-refractivity contribution in [3.63, 3.8) is 0 Å². The summed E-state index contributed by atoms with van der Waals surface area (Å²) in [5.41, 5.74) is 0.447. The van der Waals surface area contributed by atoms with Crippen LogP contribution in [0.25, 0.3) is 0 Å². The van der Waals surface area contributed by atoms with Gasteiger partial charge in [-0.1, -0.05) is 22.0 Å². The van der Waals surface area contributed by atoms with Gasteiger partial charge in [-0.25, -0.2) is 4.79 Å². The molecule has 1 atom stereocenters. The maximum absolute atomic E-state index is 12.4. The fourth-order valence-corrected chi connectivity index (χ4v) is 3.44.